The van der Waals surface area contributed by atoms with Crippen LogP contribution in [0.4, 0.5) is 0 Å². The van der Waals surface area contributed by atoms with Gasteiger partial charge in [-0.3, -0.25) is 0 Å². The second-order valence-electron chi connectivity index (χ2n) is 3.29. The number of hydrogen-bond donors (Lipinski definition) is 1. The number of aryl methyl sites for hydroxylation is 1. The molecule has 14 heavy (non-hydrogen) atoms. The third kappa shape index (κ3) is 2.89. The van der Waals surface area contributed by atoms with E-state index in [1.807, 2.05) is 25.1 Å². The first-order valence-electron chi connectivity index (χ1n) is 4.80. The van der Waals surface area contributed by atoms with Crippen LogP contribution in [0, 0.1) is 6.92 Å². The summed E-state index contributed by atoms with van der Waals surface area (Å²) in [6.45, 7) is 4.58. The van der Waals surface area contributed by atoms with E-state index in [2.05, 4.69) is 6.92 Å². The van der Waals surface area contributed by atoms with Crippen molar-refractivity contribution in [2.24, 2.45) is 5.73 Å². The number of ether oxygens (including phenoxy) is 1. The van der Waals surface area contributed by atoms with Gasteiger partial charge in [0.2, 0.25) is 0 Å². The second-order valence-corrected chi connectivity index (χ2v) is 3.73. The average molecular weight is 214 g/mol. The molecular formula is C11H16ClNO. The zero-order valence-electron chi connectivity index (χ0n) is 8.59. The van der Waals surface area contributed by atoms with Crippen LogP contribution in [0.3, 0.4) is 0 Å². The summed E-state index contributed by atoms with van der Waals surface area (Å²) >= 11 is 5.88. The van der Waals surface area contributed by atoms with E-state index < -0.39 is 0 Å². The Labute approximate surface area is 90.0 Å². The fourth-order valence-corrected chi connectivity index (χ4v) is 1.34. The molecule has 0 aliphatic rings. The predicted octanol–water partition coefficient (Wildman–Crippen LogP) is 2.76. The van der Waals surface area contributed by atoms with Gasteiger partial charge < -0.3 is 10.5 Å². The molecule has 78 valence electrons. The smallest absolute Gasteiger partial charge is 0.124 e. The summed E-state index contributed by atoms with van der Waals surface area (Å²) in [7, 11) is 0. The van der Waals surface area contributed by atoms with Gasteiger partial charge in [-0.05, 0) is 31.0 Å². The van der Waals surface area contributed by atoms with Gasteiger partial charge in [-0.25, -0.2) is 0 Å². The Morgan fingerprint density at radius 1 is 1.50 bits per heavy atom. The lowest BCUT2D eigenvalue weighted by atomic mass is 10.2. The Bertz CT molecular complexity index is 297. The van der Waals surface area contributed by atoms with Crippen molar-refractivity contribution in [3.63, 3.8) is 0 Å². The van der Waals surface area contributed by atoms with E-state index in [9.17, 15) is 0 Å². The Morgan fingerprint density at radius 3 is 2.79 bits per heavy atom. The molecule has 0 aromatic heterocycles. The molecule has 2 N–H and O–H groups in total. The Morgan fingerprint density at radius 2 is 2.21 bits per heavy atom. The van der Waals surface area contributed by atoms with Crippen LogP contribution in [0.5, 0.6) is 5.75 Å². The highest BCUT2D eigenvalue weighted by atomic mass is 35.5. The third-order valence-electron chi connectivity index (χ3n) is 2.16. The third-order valence-corrected chi connectivity index (χ3v) is 2.40. The first-order chi connectivity index (χ1) is 6.67. The maximum absolute atomic E-state index is 5.88. The molecule has 0 saturated carbocycles. The lowest BCUT2D eigenvalue weighted by Gasteiger charge is -2.17. The molecule has 0 heterocycles. The van der Waals surface area contributed by atoms with Gasteiger partial charge >= 0.3 is 0 Å². The van der Waals surface area contributed by atoms with E-state index in [1.54, 1.807) is 0 Å². The van der Waals surface area contributed by atoms with Crippen LogP contribution in [0.15, 0.2) is 18.2 Å². The summed E-state index contributed by atoms with van der Waals surface area (Å²) in [4.78, 5) is 0. The molecule has 1 aromatic rings. The van der Waals surface area contributed by atoms with E-state index in [1.165, 1.54) is 0 Å². The van der Waals surface area contributed by atoms with Crippen molar-refractivity contribution in [1.82, 2.24) is 0 Å². The molecule has 0 spiro atoms. The van der Waals surface area contributed by atoms with Crippen LogP contribution in [0.2, 0.25) is 5.02 Å². The Balaban J connectivity index is 2.79. The first-order valence-corrected chi connectivity index (χ1v) is 5.18. The molecule has 3 heteroatoms. The maximum atomic E-state index is 5.88. The molecule has 0 radical (unpaired) electrons. The van der Waals surface area contributed by atoms with Crippen molar-refractivity contribution in [2.45, 2.75) is 26.4 Å². The SMILES string of the molecule is CCC(CN)Oc1cc(Cl)ccc1C. The fourth-order valence-electron chi connectivity index (χ4n) is 1.18. The highest BCUT2D eigenvalue weighted by Gasteiger charge is 2.07. The normalized spacial score (nSPS) is 12.6. The van der Waals surface area contributed by atoms with Gasteiger partial charge in [-0.1, -0.05) is 24.6 Å². The molecule has 0 fully saturated rings. The molecule has 0 saturated heterocycles. The number of rotatable bonds is 4. The van der Waals surface area contributed by atoms with Crippen molar-refractivity contribution in [3.05, 3.63) is 28.8 Å². The Hall–Kier alpha value is -0.730. The minimum atomic E-state index is 0.0761. The van der Waals surface area contributed by atoms with Gasteiger partial charge in [0.25, 0.3) is 0 Å². The summed E-state index contributed by atoms with van der Waals surface area (Å²) in [5.74, 6) is 0.829. The molecule has 0 aliphatic heterocycles. The minimum absolute atomic E-state index is 0.0761. The van der Waals surface area contributed by atoms with Crippen LogP contribution in [-0.2, 0) is 0 Å². The predicted molar refractivity (Wildman–Crippen MR) is 60.0 cm³/mol. The zero-order valence-corrected chi connectivity index (χ0v) is 9.34. The first kappa shape index (κ1) is 11.3. The molecule has 1 unspecified atom stereocenters. The summed E-state index contributed by atoms with van der Waals surface area (Å²) in [6.07, 6.45) is 0.981. The molecule has 1 atom stereocenters. The lowest BCUT2D eigenvalue weighted by Crippen LogP contribution is -2.25. The van der Waals surface area contributed by atoms with Gasteiger partial charge in [-0.15, -0.1) is 0 Å². The van der Waals surface area contributed by atoms with E-state index in [4.69, 9.17) is 22.1 Å². The van der Waals surface area contributed by atoms with Crippen LogP contribution < -0.4 is 10.5 Å². The molecular weight excluding hydrogens is 198 g/mol. The average Bonchev–Trinajstić information content (AvgIpc) is 2.19. The van der Waals surface area contributed by atoms with Crippen molar-refractivity contribution >= 4 is 11.6 Å². The molecule has 0 bridgehead atoms. The van der Waals surface area contributed by atoms with Crippen molar-refractivity contribution in [3.8, 4) is 5.75 Å². The fraction of sp³-hybridized carbons (Fsp3) is 0.455. The van der Waals surface area contributed by atoms with Crippen LogP contribution >= 0.6 is 11.6 Å². The van der Waals surface area contributed by atoms with Gasteiger partial charge in [0.15, 0.2) is 0 Å². The van der Waals surface area contributed by atoms with Gasteiger partial charge in [0.05, 0.1) is 0 Å². The molecule has 2 nitrogen and oxygen atoms in total. The van der Waals surface area contributed by atoms with Gasteiger partial charge in [-0.2, -0.15) is 0 Å². The number of benzene rings is 1. The zero-order chi connectivity index (χ0) is 10.6. The summed E-state index contributed by atoms with van der Waals surface area (Å²) in [5, 5.41) is 0.692. The van der Waals surface area contributed by atoms with Crippen molar-refractivity contribution in [1.29, 1.82) is 0 Å². The number of hydrogen-bond acceptors (Lipinski definition) is 2. The van der Waals surface area contributed by atoms with Gasteiger partial charge in [0, 0.05) is 11.6 Å². The molecule has 1 rings (SSSR count). The van der Waals surface area contributed by atoms with Crippen LogP contribution in [0.1, 0.15) is 18.9 Å². The summed E-state index contributed by atoms with van der Waals surface area (Å²) in [6, 6.07) is 5.63. The van der Waals surface area contributed by atoms with Crippen molar-refractivity contribution in [2.75, 3.05) is 6.54 Å². The highest BCUT2D eigenvalue weighted by Crippen LogP contribution is 2.23. The standard InChI is InChI=1S/C11H16ClNO/c1-3-10(7-13)14-11-6-9(12)5-4-8(11)2/h4-6,10H,3,7,13H2,1-2H3. The molecule has 1 aromatic carbocycles. The summed E-state index contributed by atoms with van der Waals surface area (Å²) < 4.78 is 5.71. The van der Waals surface area contributed by atoms with E-state index in [0.29, 0.717) is 11.6 Å². The number of nitrogens with two attached hydrogens (primary N) is 1. The second kappa shape index (κ2) is 5.23. The molecule has 0 aliphatic carbocycles. The largest absolute Gasteiger partial charge is 0.489 e. The lowest BCUT2D eigenvalue weighted by molar-refractivity contribution is 0.204. The monoisotopic (exact) mass is 213 g/mol. The highest BCUT2D eigenvalue weighted by molar-refractivity contribution is 6.30. The van der Waals surface area contributed by atoms with Gasteiger partial charge in [0.1, 0.15) is 11.9 Å². The Kier molecular flexibility index (Phi) is 4.23. The topological polar surface area (TPSA) is 35.2 Å². The van der Waals surface area contributed by atoms with E-state index >= 15 is 0 Å². The van der Waals surface area contributed by atoms with E-state index in [0.717, 1.165) is 17.7 Å². The van der Waals surface area contributed by atoms with Crippen molar-refractivity contribution < 1.29 is 4.74 Å². The van der Waals surface area contributed by atoms with Crippen LogP contribution in [0.25, 0.3) is 0 Å². The van der Waals surface area contributed by atoms with Crippen LogP contribution in [-0.4, -0.2) is 12.6 Å². The number of halogens is 1. The van der Waals surface area contributed by atoms with E-state index in [-0.39, 0.29) is 6.10 Å². The quantitative estimate of drug-likeness (QED) is 0.835. The maximum Gasteiger partial charge on any atom is 0.124 e. The minimum Gasteiger partial charge on any atom is -0.489 e. The summed E-state index contributed by atoms with van der Waals surface area (Å²) in [5.41, 5.74) is 6.65. The molecule has 0 amide bonds.